The molecule has 0 aliphatic rings. The van der Waals surface area contributed by atoms with E-state index in [1.54, 1.807) is 0 Å². The number of hydrogen-bond acceptors (Lipinski definition) is 2. The predicted octanol–water partition coefficient (Wildman–Crippen LogP) is 4.80. The van der Waals surface area contributed by atoms with Gasteiger partial charge in [-0.15, -0.1) is 11.8 Å². The van der Waals surface area contributed by atoms with E-state index in [9.17, 15) is 18.0 Å². The number of alkyl halides is 3. The molecule has 0 aliphatic carbocycles. The van der Waals surface area contributed by atoms with Crippen molar-refractivity contribution >= 4 is 17.5 Å². The Morgan fingerprint density at radius 3 is 2.11 bits per heavy atom. The molecular weight excluding hydrogens is 261 g/mol. The quantitative estimate of drug-likeness (QED) is 0.570. The van der Waals surface area contributed by atoms with Crippen LogP contribution in [0.25, 0.3) is 0 Å². The maximum absolute atomic E-state index is 12.9. The number of carbonyl (C=O) groups excluding carboxylic acids is 1. The van der Waals surface area contributed by atoms with Crippen molar-refractivity contribution in [2.75, 3.05) is 0 Å². The first-order valence-corrected chi connectivity index (χ1v) is 6.23. The van der Waals surface area contributed by atoms with E-state index < -0.39 is 11.7 Å². The Labute approximate surface area is 109 Å². The molecule has 0 aliphatic heterocycles. The topological polar surface area (TPSA) is 17.1 Å². The monoisotopic (exact) mass is 276 g/mol. The van der Waals surface area contributed by atoms with Crippen molar-refractivity contribution in [1.29, 1.82) is 0 Å². The fourth-order valence-electron chi connectivity index (χ4n) is 1.39. The van der Waals surface area contributed by atoms with E-state index in [1.807, 2.05) is 20.8 Å². The first-order chi connectivity index (χ1) is 8.00. The Morgan fingerprint density at radius 1 is 1.17 bits per heavy atom. The largest absolute Gasteiger partial charge is 0.417 e. The molecule has 0 spiro atoms. The van der Waals surface area contributed by atoms with Crippen LogP contribution in [0, 0.1) is 0 Å². The highest BCUT2D eigenvalue weighted by atomic mass is 32.2. The molecule has 0 bridgehead atoms. The third-order valence-electron chi connectivity index (χ3n) is 2.11. The van der Waals surface area contributed by atoms with Crippen molar-refractivity contribution in [1.82, 2.24) is 0 Å². The zero-order chi connectivity index (χ0) is 14.1. The lowest BCUT2D eigenvalue weighted by atomic mass is 10.1. The van der Waals surface area contributed by atoms with Crippen molar-refractivity contribution in [3.8, 4) is 0 Å². The van der Waals surface area contributed by atoms with Gasteiger partial charge in [0.25, 0.3) is 0 Å². The summed E-state index contributed by atoms with van der Waals surface area (Å²) in [6, 6.07) is 3.73. The van der Waals surface area contributed by atoms with Crippen LogP contribution in [0.5, 0.6) is 0 Å². The molecule has 1 aromatic rings. The second-order valence-corrected chi connectivity index (χ2v) is 6.85. The smallest absolute Gasteiger partial charge is 0.295 e. The summed E-state index contributed by atoms with van der Waals surface area (Å²) in [6.45, 7) is 6.79. The molecule has 5 heteroatoms. The van der Waals surface area contributed by atoms with E-state index in [2.05, 4.69) is 0 Å². The minimum atomic E-state index is -4.45. The first kappa shape index (κ1) is 15.1. The Morgan fingerprint density at radius 2 is 1.72 bits per heavy atom. The number of Topliss-reactive ketones (excluding diaryl/α,β-unsaturated/α-hetero) is 1. The summed E-state index contributed by atoms with van der Waals surface area (Å²) in [5, 5.41) is 0. The Bertz CT molecular complexity index is 458. The molecule has 0 amide bonds. The maximum Gasteiger partial charge on any atom is 0.417 e. The highest BCUT2D eigenvalue weighted by Crippen LogP contribution is 2.41. The summed E-state index contributed by atoms with van der Waals surface area (Å²) < 4.78 is 38.5. The molecule has 0 N–H and O–H groups in total. The molecule has 0 saturated heterocycles. The minimum absolute atomic E-state index is 0.0839. The summed E-state index contributed by atoms with van der Waals surface area (Å²) >= 11 is 1.14. The van der Waals surface area contributed by atoms with Gasteiger partial charge in [-0.2, -0.15) is 13.2 Å². The average molecular weight is 276 g/mol. The molecule has 100 valence electrons. The van der Waals surface area contributed by atoms with Gasteiger partial charge in [-0.25, -0.2) is 0 Å². The predicted molar refractivity (Wildman–Crippen MR) is 67.1 cm³/mol. The molecule has 0 radical (unpaired) electrons. The number of carbonyl (C=O) groups is 1. The Kier molecular flexibility index (Phi) is 4.15. The van der Waals surface area contributed by atoms with Gasteiger partial charge in [-0.1, -0.05) is 26.8 Å². The van der Waals surface area contributed by atoms with E-state index in [-0.39, 0.29) is 21.0 Å². The standard InChI is InChI=1S/C13H15F3OS/c1-8(17)9-5-6-11(18-12(2,3)4)10(7-9)13(14,15)16/h5-7H,1-4H3. The minimum Gasteiger partial charge on any atom is -0.295 e. The molecule has 1 nitrogen and oxygen atoms in total. The summed E-state index contributed by atoms with van der Waals surface area (Å²) in [6.07, 6.45) is -4.45. The average Bonchev–Trinajstić information content (AvgIpc) is 2.13. The lowest BCUT2D eigenvalue weighted by molar-refractivity contribution is -0.139. The van der Waals surface area contributed by atoms with Crippen LogP contribution in [0.1, 0.15) is 43.6 Å². The first-order valence-electron chi connectivity index (χ1n) is 5.42. The molecule has 0 unspecified atom stereocenters. The van der Waals surface area contributed by atoms with Gasteiger partial charge in [0.1, 0.15) is 0 Å². The van der Waals surface area contributed by atoms with E-state index in [0.717, 1.165) is 17.8 Å². The van der Waals surface area contributed by atoms with Crippen molar-refractivity contribution in [3.05, 3.63) is 29.3 Å². The van der Waals surface area contributed by atoms with Crippen molar-refractivity contribution in [3.63, 3.8) is 0 Å². The number of ketones is 1. The molecule has 1 rings (SSSR count). The van der Waals surface area contributed by atoms with E-state index in [1.165, 1.54) is 19.1 Å². The van der Waals surface area contributed by atoms with Gasteiger partial charge in [0.2, 0.25) is 0 Å². The second kappa shape index (κ2) is 4.96. The third-order valence-corrected chi connectivity index (χ3v) is 3.30. The van der Waals surface area contributed by atoms with Crippen LogP contribution in [-0.4, -0.2) is 10.5 Å². The number of hydrogen-bond donors (Lipinski definition) is 0. The molecular formula is C13H15F3OS. The highest BCUT2D eigenvalue weighted by Gasteiger charge is 2.35. The molecule has 18 heavy (non-hydrogen) atoms. The van der Waals surface area contributed by atoms with Gasteiger partial charge in [-0.3, -0.25) is 4.79 Å². The van der Waals surface area contributed by atoms with Crippen LogP contribution in [0.4, 0.5) is 13.2 Å². The van der Waals surface area contributed by atoms with Gasteiger partial charge >= 0.3 is 6.18 Å². The SMILES string of the molecule is CC(=O)c1ccc(SC(C)(C)C)c(C(F)(F)F)c1. The summed E-state index contributed by atoms with van der Waals surface area (Å²) in [5.41, 5.74) is -0.657. The van der Waals surface area contributed by atoms with E-state index in [4.69, 9.17) is 0 Å². The molecule has 0 saturated carbocycles. The van der Waals surface area contributed by atoms with E-state index in [0.29, 0.717) is 0 Å². The van der Waals surface area contributed by atoms with Crippen LogP contribution >= 0.6 is 11.8 Å². The normalized spacial score (nSPS) is 12.6. The van der Waals surface area contributed by atoms with Gasteiger partial charge in [0.05, 0.1) is 5.56 Å². The second-order valence-electron chi connectivity index (χ2n) is 4.98. The molecule has 1 aromatic carbocycles. The summed E-state index contributed by atoms with van der Waals surface area (Å²) in [7, 11) is 0. The lowest BCUT2D eigenvalue weighted by Gasteiger charge is -2.21. The van der Waals surface area contributed by atoms with Crippen molar-refractivity contribution in [2.45, 2.75) is 43.5 Å². The molecule has 0 atom stereocenters. The van der Waals surface area contributed by atoms with Gasteiger partial charge in [-0.05, 0) is 19.1 Å². The third kappa shape index (κ3) is 4.05. The lowest BCUT2D eigenvalue weighted by Crippen LogP contribution is -2.13. The molecule has 0 fully saturated rings. The number of rotatable bonds is 2. The molecule has 0 heterocycles. The highest BCUT2D eigenvalue weighted by molar-refractivity contribution is 8.00. The van der Waals surface area contributed by atoms with Gasteiger partial charge < -0.3 is 0 Å². The summed E-state index contributed by atoms with van der Waals surface area (Å²) in [4.78, 5) is 11.3. The van der Waals surface area contributed by atoms with Gasteiger partial charge in [0, 0.05) is 15.2 Å². The van der Waals surface area contributed by atoms with Crippen molar-refractivity contribution in [2.24, 2.45) is 0 Å². The van der Waals surface area contributed by atoms with Crippen LogP contribution in [0.2, 0.25) is 0 Å². The number of benzene rings is 1. The van der Waals surface area contributed by atoms with Crippen LogP contribution in [-0.2, 0) is 6.18 Å². The van der Waals surface area contributed by atoms with Crippen molar-refractivity contribution < 1.29 is 18.0 Å². The maximum atomic E-state index is 12.9. The Balaban J connectivity index is 3.30. The van der Waals surface area contributed by atoms with E-state index >= 15 is 0 Å². The van der Waals surface area contributed by atoms with Crippen LogP contribution in [0.3, 0.4) is 0 Å². The molecule has 0 aromatic heterocycles. The number of thioether (sulfide) groups is 1. The Hall–Kier alpha value is -0.970. The fourth-order valence-corrected chi connectivity index (χ4v) is 2.47. The fraction of sp³-hybridized carbons (Fsp3) is 0.462. The summed E-state index contributed by atoms with van der Waals surface area (Å²) in [5.74, 6) is -0.368. The van der Waals surface area contributed by atoms with Crippen LogP contribution in [0.15, 0.2) is 23.1 Å². The zero-order valence-corrected chi connectivity index (χ0v) is 11.5. The number of halogens is 3. The van der Waals surface area contributed by atoms with Crippen LogP contribution < -0.4 is 0 Å². The zero-order valence-electron chi connectivity index (χ0n) is 10.7. The van der Waals surface area contributed by atoms with Gasteiger partial charge in [0.15, 0.2) is 5.78 Å².